The minimum Gasteiger partial charge on any atom is -0.494 e. The molecule has 10 heteroatoms. The summed E-state index contributed by atoms with van der Waals surface area (Å²) in [4.78, 5) is 41.5. The van der Waals surface area contributed by atoms with E-state index in [0.29, 0.717) is 57.7 Å². The summed E-state index contributed by atoms with van der Waals surface area (Å²) in [6.07, 6.45) is 0. The predicted octanol–water partition coefficient (Wildman–Crippen LogP) is 4.44. The Morgan fingerprint density at radius 2 is 1.74 bits per heavy atom. The molecule has 1 saturated heterocycles. The molecule has 5 rings (SSSR count). The predicted molar refractivity (Wildman–Crippen MR) is 166 cm³/mol. The van der Waals surface area contributed by atoms with Gasteiger partial charge in [-0.05, 0) is 55.8 Å². The molecule has 1 amide bonds. The Hall–Kier alpha value is -4.51. The summed E-state index contributed by atoms with van der Waals surface area (Å²) in [5.41, 5.74) is 4.65. The number of ether oxygens (including phenoxy) is 1. The zero-order valence-corrected chi connectivity index (χ0v) is 24.7. The van der Waals surface area contributed by atoms with Crippen LogP contribution in [-0.2, 0) is 9.57 Å². The Morgan fingerprint density at radius 3 is 2.42 bits per heavy atom. The number of aryl methyl sites for hydroxylation is 1. The molecule has 10 nitrogen and oxygen atoms in total. The third kappa shape index (κ3) is 6.77. The Labute approximate surface area is 250 Å². The molecule has 0 aliphatic carbocycles. The van der Waals surface area contributed by atoms with Crippen molar-refractivity contribution in [2.75, 3.05) is 53.0 Å². The summed E-state index contributed by atoms with van der Waals surface area (Å²) in [6, 6.07) is 20.1. The van der Waals surface area contributed by atoms with Crippen LogP contribution in [0.2, 0.25) is 0 Å². The van der Waals surface area contributed by atoms with Crippen LogP contribution in [0.3, 0.4) is 0 Å². The Balaban J connectivity index is 1.42. The molecule has 0 spiro atoms. The number of methoxy groups -OCH3 is 1. The standard InChI is InChI=1S/C33H37N5O5/c1-4-38(43-19-18-37-16-14-34-15-17-37)32(40)24-10-12-25(13-11-24)35-30(23-8-6-5-7-9-23)29-27-20-22(2)26(33(41)42-3)21-28(27)36-31(29)39/h5-13,20-21,34,36,39H,4,14-19H2,1-3H3. The first-order valence-electron chi connectivity index (χ1n) is 14.5. The van der Waals surface area contributed by atoms with Crippen molar-refractivity contribution < 1.29 is 24.3 Å². The van der Waals surface area contributed by atoms with Crippen LogP contribution in [0, 0.1) is 6.92 Å². The number of nitrogens with one attached hydrogen (secondary N) is 2. The van der Waals surface area contributed by atoms with Gasteiger partial charge in [0.2, 0.25) is 0 Å². The SMILES string of the molecule is CCN(OCCN1CCNCC1)C(=O)c1ccc(N=C(c2ccccc2)c2c(O)[nH]c3cc(C(=O)OC)c(C)cc23)cc1. The molecule has 1 fully saturated rings. The first-order chi connectivity index (χ1) is 20.9. The zero-order valence-electron chi connectivity index (χ0n) is 24.7. The van der Waals surface area contributed by atoms with Crippen molar-refractivity contribution in [3.8, 4) is 5.88 Å². The summed E-state index contributed by atoms with van der Waals surface area (Å²) in [6.45, 7) is 9.22. The molecular weight excluding hydrogens is 546 g/mol. The maximum Gasteiger partial charge on any atom is 0.338 e. The summed E-state index contributed by atoms with van der Waals surface area (Å²) in [5, 5.41) is 16.5. The lowest BCUT2D eigenvalue weighted by Crippen LogP contribution is -2.45. The molecule has 224 valence electrons. The van der Waals surface area contributed by atoms with Crippen molar-refractivity contribution in [1.29, 1.82) is 0 Å². The highest BCUT2D eigenvalue weighted by Crippen LogP contribution is 2.33. The maximum absolute atomic E-state index is 13.2. The number of carbonyl (C=O) groups excluding carboxylic acids is 2. The number of carbonyl (C=O) groups is 2. The number of benzene rings is 3. The molecule has 0 bridgehead atoms. The molecule has 3 N–H and O–H groups in total. The van der Waals surface area contributed by atoms with Crippen LogP contribution in [0.1, 0.15) is 44.3 Å². The molecule has 3 aromatic carbocycles. The van der Waals surface area contributed by atoms with Crippen molar-refractivity contribution in [3.63, 3.8) is 0 Å². The van der Waals surface area contributed by atoms with Crippen molar-refractivity contribution in [1.82, 2.24) is 20.3 Å². The molecule has 0 unspecified atom stereocenters. The monoisotopic (exact) mass is 583 g/mol. The quantitative estimate of drug-likeness (QED) is 0.144. The number of aliphatic imine (C=N–C) groups is 1. The molecule has 4 aromatic rings. The number of H-pyrrole nitrogens is 1. The van der Waals surface area contributed by atoms with Gasteiger partial charge in [0.05, 0.1) is 36.2 Å². The van der Waals surface area contributed by atoms with Gasteiger partial charge < -0.3 is 20.1 Å². The fourth-order valence-corrected chi connectivity index (χ4v) is 5.23. The largest absolute Gasteiger partial charge is 0.494 e. The fraction of sp³-hybridized carbons (Fsp3) is 0.303. The molecule has 43 heavy (non-hydrogen) atoms. The molecule has 0 radical (unpaired) electrons. The lowest BCUT2D eigenvalue weighted by molar-refractivity contribution is -0.124. The van der Waals surface area contributed by atoms with Crippen molar-refractivity contribution >= 4 is 34.2 Å². The number of fused-ring (bicyclic) bond motifs is 1. The molecule has 0 saturated carbocycles. The van der Waals surface area contributed by atoms with Gasteiger partial charge in [-0.1, -0.05) is 30.3 Å². The Kier molecular flexibility index (Phi) is 9.51. The van der Waals surface area contributed by atoms with Crippen LogP contribution in [0.25, 0.3) is 10.9 Å². The van der Waals surface area contributed by atoms with E-state index < -0.39 is 5.97 Å². The van der Waals surface area contributed by atoms with E-state index in [2.05, 4.69) is 15.2 Å². The molecule has 1 aromatic heterocycles. The summed E-state index contributed by atoms with van der Waals surface area (Å²) in [5.74, 6) is -0.733. The van der Waals surface area contributed by atoms with Crippen molar-refractivity contribution in [2.24, 2.45) is 4.99 Å². The van der Waals surface area contributed by atoms with E-state index in [1.165, 1.54) is 12.2 Å². The summed E-state index contributed by atoms with van der Waals surface area (Å²) >= 11 is 0. The molecule has 0 atom stereocenters. The van der Waals surface area contributed by atoms with Gasteiger partial charge in [-0.15, -0.1) is 0 Å². The average molecular weight is 584 g/mol. The number of hydroxylamine groups is 2. The fourth-order valence-electron chi connectivity index (χ4n) is 5.23. The minimum atomic E-state index is -0.451. The third-order valence-corrected chi connectivity index (χ3v) is 7.55. The van der Waals surface area contributed by atoms with E-state index in [-0.39, 0.29) is 11.8 Å². The highest BCUT2D eigenvalue weighted by Gasteiger charge is 2.22. The number of aromatic hydroxyl groups is 1. The van der Waals surface area contributed by atoms with Crippen LogP contribution in [-0.4, -0.2) is 90.6 Å². The summed E-state index contributed by atoms with van der Waals surface area (Å²) in [7, 11) is 1.34. The zero-order chi connectivity index (χ0) is 30.3. The highest BCUT2D eigenvalue weighted by molar-refractivity contribution is 6.22. The second-order valence-electron chi connectivity index (χ2n) is 10.4. The van der Waals surface area contributed by atoms with Gasteiger partial charge in [0.1, 0.15) is 0 Å². The third-order valence-electron chi connectivity index (χ3n) is 7.55. The van der Waals surface area contributed by atoms with Crippen LogP contribution < -0.4 is 5.32 Å². The van der Waals surface area contributed by atoms with Gasteiger partial charge in [0, 0.05) is 61.3 Å². The number of nitrogens with zero attached hydrogens (tertiary/aromatic N) is 3. The van der Waals surface area contributed by atoms with Crippen LogP contribution in [0.5, 0.6) is 5.88 Å². The number of hydrogen-bond acceptors (Lipinski definition) is 8. The van der Waals surface area contributed by atoms with E-state index in [1.807, 2.05) is 50.2 Å². The van der Waals surface area contributed by atoms with Crippen molar-refractivity contribution in [3.05, 3.63) is 94.5 Å². The topological polar surface area (TPSA) is 119 Å². The van der Waals surface area contributed by atoms with E-state index in [0.717, 1.165) is 38.3 Å². The van der Waals surface area contributed by atoms with Gasteiger partial charge >= 0.3 is 5.97 Å². The van der Waals surface area contributed by atoms with Crippen LogP contribution in [0.15, 0.2) is 71.7 Å². The number of aromatic amines is 1. The summed E-state index contributed by atoms with van der Waals surface area (Å²) < 4.78 is 4.91. The minimum absolute atomic E-state index is 0.0673. The number of amides is 1. The lowest BCUT2D eigenvalue weighted by atomic mass is 9.98. The first-order valence-corrected chi connectivity index (χ1v) is 14.5. The van der Waals surface area contributed by atoms with E-state index in [4.69, 9.17) is 14.6 Å². The van der Waals surface area contributed by atoms with E-state index >= 15 is 0 Å². The van der Waals surface area contributed by atoms with E-state index in [1.54, 1.807) is 30.3 Å². The molecule has 2 heterocycles. The maximum atomic E-state index is 13.2. The van der Waals surface area contributed by atoms with E-state index in [9.17, 15) is 14.7 Å². The number of piperazine rings is 1. The Bertz CT molecular complexity index is 1610. The highest BCUT2D eigenvalue weighted by atomic mass is 16.7. The molecule has 1 aliphatic rings. The molecular formula is C33H37N5O5. The van der Waals surface area contributed by atoms with Gasteiger partial charge in [-0.2, -0.15) is 0 Å². The van der Waals surface area contributed by atoms with Gasteiger partial charge in [0.25, 0.3) is 5.91 Å². The van der Waals surface area contributed by atoms with Gasteiger partial charge in [-0.3, -0.25) is 14.5 Å². The normalized spacial score (nSPS) is 14.2. The first kappa shape index (κ1) is 30.0. The van der Waals surface area contributed by atoms with Gasteiger partial charge in [0.15, 0.2) is 5.88 Å². The molecule has 1 aliphatic heterocycles. The number of hydrogen-bond donors (Lipinski definition) is 3. The van der Waals surface area contributed by atoms with Crippen molar-refractivity contribution in [2.45, 2.75) is 13.8 Å². The number of aromatic nitrogens is 1. The van der Waals surface area contributed by atoms with Crippen LogP contribution in [0.4, 0.5) is 5.69 Å². The Morgan fingerprint density at radius 1 is 1.02 bits per heavy atom. The average Bonchev–Trinajstić information content (AvgIpc) is 3.36. The number of rotatable bonds is 10. The lowest BCUT2D eigenvalue weighted by Gasteiger charge is -2.28. The van der Waals surface area contributed by atoms with Gasteiger partial charge in [-0.25, -0.2) is 14.9 Å². The number of esters is 1. The van der Waals surface area contributed by atoms with Crippen LogP contribution >= 0.6 is 0 Å². The second-order valence-corrected chi connectivity index (χ2v) is 10.4. The second kappa shape index (κ2) is 13.6. The smallest absolute Gasteiger partial charge is 0.338 e.